The number of benzene rings is 1. The molecule has 0 radical (unpaired) electrons. The van der Waals surface area contributed by atoms with Gasteiger partial charge in [0.25, 0.3) is 0 Å². The maximum atomic E-state index is 11.2. The topological polar surface area (TPSA) is 84.0 Å². The molecule has 0 aliphatic heterocycles. The second kappa shape index (κ2) is 11.9. The number of anilines is 1. The number of nitrogens with zero attached hydrogens (tertiary/aromatic N) is 1. The third-order valence-corrected chi connectivity index (χ3v) is 3.77. The molecule has 0 aliphatic carbocycles. The van der Waals surface area contributed by atoms with E-state index >= 15 is 0 Å². The summed E-state index contributed by atoms with van der Waals surface area (Å²) in [6, 6.07) is 7.51. The van der Waals surface area contributed by atoms with Gasteiger partial charge in [-0.1, -0.05) is 32.9 Å². The molecule has 1 aromatic rings. The molecular weight excluding hydrogens is 447 g/mol. The molecule has 3 N–H and O–H groups in total. The highest BCUT2D eigenvalue weighted by atomic mass is 127. The highest BCUT2D eigenvalue weighted by Gasteiger charge is 2.24. The van der Waals surface area contributed by atoms with E-state index in [2.05, 4.69) is 46.5 Å². The molecule has 148 valence electrons. The van der Waals surface area contributed by atoms with Crippen LogP contribution in [0.25, 0.3) is 0 Å². The van der Waals surface area contributed by atoms with E-state index in [4.69, 9.17) is 4.74 Å². The number of carbonyl (C=O) groups is 1. The number of methoxy groups -OCH3 is 2. The van der Waals surface area contributed by atoms with E-state index in [1.165, 1.54) is 7.11 Å². The number of hydrogen-bond donors (Lipinski definition) is 3. The number of hydrogen-bond acceptors (Lipinski definition) is 4. The monoisotopic (exact) mass is 478 g/mol. The zero-order valence-corrected chi connectivity index (χ0v) is 18.7. The molecular formula is C18H31IN4O3. The van der Waals surface area contributed by atoms with Gasteiger partial charge in [-0.3, -0.25) is 10.3 Å². The van der Waals surface area contributed by atoms with Gasteiger partial charge in [0.05, 0.1) is 13.2 Å². The Kier molecular flexibility index (Phi) is 11.2. The fourth-order valence-electron chi connectivity index (χ4n) is 2.21. The Balaban J connectivity index is 0.00000625. The van der Waals surface area contributed by atoms with Gasteiger partial charge in [0.1, 0.15) is 0 Å². The van der Waals surface area contributed by atoms with E-state index in [1.807, 2.05) is 24.3 Å². The summed E-state index contributed by atoms with van der Waals surface area (Å²) in [7, 11) is 4.79. The molecule has 0 saturated carbocycles. The number of aliphatic imine (C=N–C) groups is 1. The van der Waals surface area contributed by atoms with E-state index in [-0.39, 0.29) is 35.5 Å². The lowest BCUT2D eigenvalue weighted by molar-refractivity contribution is 0.0205. The van der Waals surface area contributed by atoms with Gasteiger partial charge in [-0.2, -0.15) is 0 Å². The Hall–Kier alpha value is -1.55. The Morgan fingerprint density at radius 3 is 2.23 bits per heavy atom. The van der Waals surface area contributed by atoms with Crippen molar-refractivity contribution in [2.24, 2.45) is 10.4 Å². The number of ether oxygens (including phenoxy) is 2. The van der Waals surface area contributed by atoms with Crippen LogP contribution in [0.15, 0.2) is 29.3 Å². The van der Waals surface area contributed by atoms with Gasteiger partial charge in [0, 0.05) is 32.9 Å². The van der Waals surface area contributed by atoms with Crippen LogP contribution < -0.4 is 16.0 Å². The van der Waals surface area contributed by atoms with Gasteiger partial charge < -0.3 is 20.1 Å². The molecule has 0 aromatic heterocycles. The van der Waals surface area contributed by atoms with E-state index < -0.39 is 6.09 Å². The van der Waals surface area contributed by atoms with Gasteiger partial charge in [-0.15, -0.1) is 24.0 Å². The lowest BCUT2D eigenvalue weighted by Gasteiger charge is -2.30. The van der Waals surface area contributed by atoms with Crippen molar-refractivity contribution in [1.82, 2.24) is 10.6 Å². The Labute approximate surface area is 173 Å². The fourth-order valence-corrected chi connectivity index (χ4v) is 2.21. The number of carbonyl (C=O) groups excluding carboxylic acids is 1. The van der Waals surface area contributed by atoms with Gasteiger partial charge in [-0.05, 0) is 23.1 Å². The Morgan fingerprint density at radius 2 is 1.77 bits per heavy atom. The van der Waals surface area contributed by atoms with Crippen molar-refractivity contribution in [1.29, 1.82) is 0 Å². The number of amides is 1. The van der Waals surface area contributed by atoms with Crippen LogP contribution in [0.5, 0.6) is 0 Å². The maximum absolute atomic E-state index is 11.2. The first kappa shape index (κ1) is 24.5. The van der Waals surface area contributed by atoms with Gasteiger partial charge in [0.15, 0.2) is 5.96 Å². The van der Waals surface area contributed by atoms with Gasteiger partial charge in [0.2, 0.25) is 0 Å². The van der Waals surface area contributed by atoms with Crippen molar-refractivity contribution in [2.45, 2.75) is 33.4 Å². The number of halogens is 1. The van der Waals surface area contributed by atoms with Crippen molar-refractivity contribution >= 4 is 41.7 Å². The predicted octanol–water partition coefficient (Wildman–Crippen LogP) is 3.21. The highest BCUT2D eigenvalue weighted by molar-refractivity contribution is 14.0. The van der Waals surface area contributed by atoms with Crippen LogP contribution in [-0.2, 0) is 16.0 Å². The molecule has 0 fully saturated rings. The molecule has 0 bridgehead atoms. The van der Waals surface area contributed by atoms with Crippen molar-refractivity contribution < 1.29 is 14.3 Å². The minimum absolute atomic E-state index is 0. The zero-order valence-electron chi connectivity index (χ0n) is 16.4. The first-order valence-corrected chi connectivity index (χ1v) is 8.21. The van der Waals surface area contributed by atoms with E-state index in [0.717, 1.165) is 5.56 Å². The van der Waals surface area contributed by atoms with Crippen molar-refractivity contribution in [3.05, 3.63) is 29.8 Å². The summed E-state index contributed by atoms with van der Waals surface area (Å²) >= 11 is 0. The molecule has 1 atom stereocenters. The number of rotatable bonds is 6. The fraction of sp³-hybridized carbons (Fsp3) is 0.556. The van der Waals surface area contributed by atoms with Crippen LogP contribution >= 0.6 is 24.0 Å². The van der Waals surface area contributed by atoms with E-state index in [0.29, 0.717) is 24.7 Å². The van der Waals surface area contributed by atoms with E-state index in [1.54, 1.807) is 14.2 Å². The predicted molar refractivity (Wildman–Crippen MR) is 116 cm³/mol. The summed E-state index contributed by atoms with van der Waals surface area (Å²) in [4.78, 5) is 15.4. The summed E-state index contributed by atoms with van der Waals surface area (Å²) < 4.78 is 10.1. The molecule has 1 rings (SSSR count). The lowest BCUT2D eigenvalue weighted by Crippen LogP contribution is -2.45. The van der Waals surface area contributed by atoms with Crippen LogP contribution in [0.4, 0.5) is 10.5 Å². The van der Waals surface area contributed by atoms with E-state index in [9.17, 15) is 4.79 Å². The Morgan fingerprint density at radius 1 is 1.15 bits per heavy atom. The largest absolute Gasteiger partial charge is 0.453 e. The first-order chi connectivity index (χ1) is 11.8. The van der Waals surface area contributed by atoms with Crippen LogP contribution in [0.2, 0.25) is 0 Å². The number of nitrogens with one attached hydrogen (secondary N) is 3. The molecule has 0 heterocycles. The molecule has 8 heteroatoms. The van der Waals surface area contributed by atoms with Gasteiger partial charge >= 0.3 is 6.09 Å². The van der Waals surface area contributed by atoms with Crippen molar-refractivity contribution in [3.8, 4) is 0 Å². The van der Waals surface area contributed by atoms with Crippen LogP contribution in [0.3, 0.4) is 0 Å². The molecule has 0 aliphatic rings. The average Bonchev–Trinajstić information content (AvgIpc) is 2.58. The number of guanidine groups is 1. The van der Waals surface area contributed by atoms with Crippen LogP contribution in [0.1, 0.15) is 26.3 Å². The van der Waals surface area contributed by atoms with Crippen molar-refractivity contribution in [3.63, 3.8) is 0 Å². The van der Waals surface area contributed by atoms with Crippen LogP contribution in [0, 0.1) is 5.41 Å². The highest BCUT2D eigenvalue weighted by Crippen LogP contribution is 2.20. The average molecular weight is 478 g/mol. The zero-order chi connectivity index (χ0) is 18.9. The van der Waals surface area contributed by atoms with Gasteiger partial charge in [-0.25, -0.2) is 4.79 Å². The lowest BCUT2D eigenvalue weighted by atomic mass is 9.89. The van der Waals surface area contributed by atoms with Crippen LogP contribution in [-0.4, -0.2) is 46.0 Å². The first-order valence-electron chi connectivity index (χ1n) is 8.21. The minimum Gasteiger partial charge on any atom is -0.453 e. The van der Waals surface area contributed by atoms with Crippen molar-refractivity contribution in [2.75, 3.05) is 33.1 Å². The molecule has 0 spiro atoms. The second-order valence-corrected chi connectivity index (χ2v) is 6.71. The molecule has 1 unspecified atom stereocenters. The normalized spacial score (nSPS) is 12.6. The summed E-state index contributed by atoms with van der Waals surface area (Å²) in [5.41, 5.74) is 1.80. The SMILES string of the molecule is CN=C(NCc1ccc(NC(=O)OC)cc1)NCC(OC)C(C)(C)C.I. The maximum Gasteiger partial charge on any atom is 0.411 e. The Bertz CT molecular complexity index is 571. The summed E-state index contributed by atoms with van der Waals surface area (Å²) in [6.45, 7) is 7.71. The molecule has 1 aromatic carbocycles. The second-order valence-electron chi connectivity index (χ2n) is 6.71. The smallest absolute Gasteiger partial charge is 0.411 e. The third-order valence-electron chi connectivity index (χ3n) is 3.77. The molecule has 7 nitrogen and oxygen atoms in total. The summed E-state index contributed by atoms with van der Waals surface area (Å²) in [5.74, 6) is 0.711. The summed E-state index contributed by atoms with van der Waals surface area (Å²) in [5, 5.41) is 9.16. The molecule has 0 saturated heterocycles. The third kappa shape index (κ3) is 8.70. The molecule has 26 heavy (non-hydrogen) atoms. The quantitative estimate of drug-likeness (QED) is 0.332. The molecule has 1 amide bonds. The standard InChI is InChI=1S/C18H30N4O3.HI/c1-18(2,3)15(24-5)12-21-16(19-4)20-11-13-7-9-14(10-8-13)22-17(23)25-6;/h7-10,15H,11-12H2,1-6H3,(H,22,23)(H2,19,20,21);1H. The minimum atomic E-state index is -0.484. The summed E-state index contributed by atoms with van der Waals surface area (Å²) in [6.07, 6.45) is -0.406.